The lowest BCUT2D eigenvalue weighted by molar-refractivity contribution is -0.384. The van der Waals surface area contributed by atoms with Crippen LogP contribution in [0.2, 0.25) is 5.02 Å². The minimum Gasteiger partial charge on any atom is -0.494 e. The first kappa shape index (κ1) is 21.7. The van der Waals surface area contributed by atoms with Crippen molar-refractivity contribution in [3.05, 3.63) is 75.8 Å². The quantitative estimate of drug-likeness (QED) is 0.270. The SMILES string of the molecule is COc1ccc(Cl)c2sc(N(CCCn3ccnc3)C(=O)c3cccc([N+](=O)[O-])c3)nc12. The van der Waals surface area contributed by atoms with Crippen molar-refractivity contribution in [2.45, 2.75) is 13.0 Å². The Kier molecular flexibility index (Phi) is 6.33. The number of nitro benzene ring substituents is 1. The number of non-ortho nitro benzene ring substituents is 1. The summed E-state index contributed by atoms with van der Waals surface area (Å²) in [5.41, 5.74) is 0.619. The number of hydrogen-bond acceptors (Lipinski definition) is 7. The average Bonchev–Trinajstić information content (AvgIpc) is 3.47. The highest BCUT2D eigenvalue weighted by Gasteiger charge is 2.24. The molecule has 0 fully saturated rings. The Balaban J connectivity index is 1.71. The minimum atomic E-state index is -0.525. The van der Waals surface area contributed by atoms with E-state index < -0.39 is 4.92 Å². The number of nitrogens with zero attached hydrogens (tertiary/aromatic N) is 5. The third kappa shape index (κ3) is 4.41. The second kappa shape index (κ2) is 9.33. The Hall–Kier alpha value is -3.50. The molecular weight excluding hydrogens is 454 g/mol. The van der Waals surface area contributed by atoms with Crippen LogP contribution in [0.5, 0.6) is 5.75 Å². The lowest BCUT2D eigenvalue weighted by atomic mass is 10.1. The number of fused-ring (bicyclic) bond motifs is 1. The second-order valence-electron chi connectivity index (χ2n) is 6.84. The molecule has 0 N–H and O–H groups in total. The summed E-state index contributed by atoms with van der Waals surface area (Å²) in [5, 5.41) is 12.1. The molecule has 4 rings (SSSR count). The summed E-state index contributed by atoms with van der Waals surface area (Å²) in [7, 11) is 1.54. The summed E-state index contributed by atoms with van der Waals surface area (Å²) < 4.78 is 8.00. The summed E-state index contributed by atoms with van der Waals surface area (Å²) in [4.78, 5) is 34.2. The van der Waals surface area contributed by atoms with Crippen LogP contribution in [0.3, 0.4) is 0 Å². The van der Waals surface area contributed by atoms with Crippen molar-refractivity contribution in [2.75, 3.05) is 18.6 Å². The van der Waals surface area contributed by atoms with E-state index in [2.05, 4.69) is 9.97 Å². The van der Waals surface area contributed by atoms with Crippen LogP contribution < -0.4 is 9.64 Å². The standard InChI is InChI=1S/C21H18ClN5O4S/c1-31-17-7-6-16(22)19-18(17)24-21(32-19)26(10-3-9-25-11-8-23-13-25)20(28)14-4-2-5-15(12-14)27(29)30/h2,4-8,11-13H,3,9-10H2,1H3. The number of imidazole rings is 1. The third-order valence-electron chi connectivity index (χ3n) is 4.80. The van der Waals surface area contributed by atoms with E-state index in [1.165, 1.54) is 34.4 Å². The van der Waals surface area contributed by atoms with Gasteiger partial charge in [0.1, 0.15) is 11.3 Å². The van der Waals surface area contributed by atoms with Gasteiger partial charge in [-0.15, -0.1) is 0 Å². The van der Waals surface area contributed by atoms with Crippen molar-refractivity contribution in [1.82, 2.24) is 14.5 Å². The van der Waals surface area contributed by atoms with E-state index in [9.17, 15) is 14.9 Å². The van der Waals surface area contributed by atoms with Crippen molar-refractivity contribution >= 4 is 49.9 Å². The van der Waals surface area contributed by atoms with Crippen LogP contribution in [0.25, 0.3) is 10.2 Å². The lowest BCUT2D eigenvalue weighted by Gasteiger charge is -2.20. The zero-order valence-electron chi connectivity index (χ0n) is 17.0. The van der Waals surface area contributed by atoms with E-state index in [-0.39, 0.29) is 17.2 Å². The van der Waals surface area contributed by atoms with Crippen molar-refractivity contribution in [1.29, 1.82) is 0 Å². The molecule has 0 aliphatic carbocycles. The first-order valence-electron chi connectivity index (χ1n) is 9.63. The molecule has 0 unspecified atom stereocenters. The molecule has 164 valence electrons. The maximum absolute atomic E-state index is 13.4. The summed E-state index contributed by atoms with van der Waals surface area (Å²) in [6, 6.07) is 9.11. The Morgan fingerprint density at radius 2 is 2.19 bits per heavy atom. The zero-order chi connectivity index (χ0) is 22.7. The maximum Gasteiger partial charge on any atom is 0.270 e. The molecule has 0 spiro atoms. The van der Waals surface area contributed by atoms with Crippen LogP contribution in [0.1, 0.15) is 16.8 Å². The van der Waals surface area contributed by atoms with Crippen LogP contribution in [0.4, 0.5) is 10.8 Å². The van der Waals surface area contributed by atoms with E-state index in [4.69, 9.17) is 16.3 Å². The van der Waals surface area contributed by atoms with E-state index in [1.807, 2.05) is 10.8 Å². The van der Waals surface area contributed by atoms with Gasteiger partial charge in [-0.25, -0.2) is 9.97 Å². The van der Waals surface area contributed by atoms with Crippen LogP contribution in [-0.2, 0) is 6.54 Å². The molecule has 1 amide bonds. The van der Waals surface area contributed by atoms with Crippen molar-refractivity contribution in [2.24, 2.45) is 0 Å². The first-order valence-corrected chi connectivity index (χ1v) is 10.8. The molecule has 4 aromatic rings. The van der Waals surface area contributed by atoms with Gasteiger partial charge in [-0.05, 0) is 24.6 Å². The largest absolute Gasteiger partial charge is 0.494 e. The topological polar surface area (TPSA) is 103 Å². The molecule has 0 saturated heterocycles. The monoisotopic (exact) mass is 471 g/mol. The zero-order valence-corrected chi connectivity index (χ0v) is 18.5. The molecule has 2 aromatic carbocycles. The lowest BCUT2D eigenvalue weighted by Crippen LogP contribution is -2.32. The number of anilines is 1. The molecule has 11 heteroatoms. The molecule has 2 aromatic heterocycles. The number of thiazole rings is 1. The average molecular weight is 472 g/mol. The Morgan fingerprint density at radius 3 is 2.91 bits per heavy atom. The number of ether oxygens (including phenoxy) is 1. The van der Waals surface area contributed by atoms with Gasteiger partial charge in [0.2, 0.25) is 0 Å². The molecule has 0 aliphatic heterocycles. The number of nitro groups is 1. The van der Waals surface area contributed by atoms with Gasteiger partial charge in [0, 0.05) is 43.2 Å². The molecule has 2 heterocycles. The summed E-state index contributed by atoms with van der Waals surface area (Å²) in [6.07, 6.45) is 5.86. The number of aromatic nitrogens is 3. The van der Waals surface area contributed by atoms with Gasteiger partial charge in [0.15, 0.2) is 5.13 Å². The van der Waals surface area contributed by atoms with Gasteiger partial charge in [-0.2, -0.15) is 0 Å². The van der Waals surface area contributed by atoms with E-state index in [0.717, 1.165) is 0 Å². The fourth-order valence-corrected chi connectivity index (χ4v) is 4.52. The van der Waals surface area contributed by atoms with Crippen LogP contribution in [-0.4, -0.2) is 39.0 Å². The Labute approximate surface area is 192 Å². The van der Waals surface area contributed by atoms with Crippen molar-refractivity contribution in [3.63, 3.8) is 0 Å². The van der Waals surface area contributed by atoms with Gasteiger partial charge < -0.3 is 9.30 Å². The van der Waals surface area contributed by atoms with Crippen LogP contribution >= 0.6 is 22.9 Å². The molecule has 9 nitrogen and oxygen atoms in total. The molecule has 32 heavy (non-hydrogen) atoms. The fourth-order valence-electron chi connectivity index (χ4n) is 3.24. The van der Waals surface area contributed by atoms with Crippen molar-refractivity contribution < 1.29 is 14.5 Å². The third-order valence-corrected chi connectivity index (χ3v) is 6.34. The molecule has 0 aliphatic rings. The summed E-state index contributed by atoms with van der Waals surface area (Å²) in [6.45, 7) is 0.993. The van der Waals surface area contributed by atoms with Gasteiger partial charge in [-0.3, -0.25) is 19.8 Å². The number of hydrogen-bond donors (Lipinski definition) is 0. The van der Waals surface area contributed by atoms with Crippen LogP contribution in [0, 0.1) is 10.1 Å². The number of carbonyl (C=O) groups is 1. The van der Waals surface area contributed by atoms with Gasteiger partial charge in [-0.1, -0.05) is 29.0 Å². The van der Waals surface area contributed by atoms with E-state index in [1.54, 1.807) is 37.8 Å². The number of amides is 1. The number of rotatable bonds is 8. The van der Waals surface area contributed by atoms with Gasteiger partial charge >= 0.3 is 0 Å². The number of carbonyl (C=O) groups excluding carboxylic acids is 1. The highest BCUT2D eigenvalue weighted by atomic mass is 35.5. The van der Waals surface area contributed by atoms with E-state index >= 15 is 0 Å². The second-order valence-corrected chi connectivity index (χ2v) is 8.23. The number of aryl methyl sites for hydroxylation is 1. The molecule has 0 radical (unpaired) electrons. The molecule has 0 atom stereocenters. The predicted octanol–water partition coefficient (Wildman–Crippen LogP) is 4.80. The number of benzene rings is 2. The minimum absolute atomic E-state index is 0.150. The normalized spacial score (nSPS) is 10.9. The first-order chi connectivity index (χ1) is 15.5. The predicted molar refractivity (Wildman–Crippen MR) is 123 cm³/mol. The van der Waals surface area contributed by atoms with Gasteiger partial charge in [0.25, 0.3) is 11.6 Å². The smallest absolute Gasteiger partial charge is 0.270 e. The Morgan fingerprint density at radius 1 is 1.34 bits per heavy atom. The number of halogens is 1. The van der Waals surface area contributed by atoms with Crippen molar-refractivity contribution in [3.8, 4) is 5.75 Å². The van der Waals surface area contributed by atoms with Gasteiger partial charge in [0.05, 0.1) is 28.1 Å². The Bertz CT molecular complexity index is 1270. The summed E-state index contributed by atoms with van der Waals surface area (Å²) >= 11 is 7.63. The molecule has 0 saturated carbocycles. The van der Waals surface area contributed by atoms with E-state index in [0.29, 0.717) is 45.6 Å². The van der Waals surface area contributed by atoms with Crippen LogP contribution in [0.15, 0.2) is 55.1 Å². The summed E-state index contributed by atoms with van der Waals surface area (Å²) in [5.74, 6) is 0.168. The fraction of sp³-hybridized carbons (Fsp3) is 0.190. The molecule has 0 bridgehead atoms. The highest BCUT2D eigenvalue weighted by molar-refractivity contribution is 7.23. The maximum atomic E-state index is 13.4. The molecular formula is C21H18ClN5O4S. The highest BCUT2D eigenvalue weighted by Crippen LogP contribution is 2.39. The number of methoxy groups -OCH3 is 1.